The van der Waals surface area contributed by atoms with Gasteiger partial charge in [-0.1, -0.05) is 41.6 Å². The molecular formula is C18H16N4O2. The Morgan fingerprint density at radius 2 is 1.96 bits per heavy atom. The van der Waals surface area contributed by atoms with Gasteiger partial charge in [0.15, 0.2) is 0 Å². The standard InChI is InChI=1S/C18H16N4O2/c23-18(15-8-4-5-10-19-15)22-11-9-14(12-22)17-20-16(21-24-17)13-6-2-1-3-7-13/h1-8,10,14H,9,11-12H2. The van der Waals surface area contributed by atoms with Crippen LogP contribution in [0.15, 0.2) is 59.3 Å². The van der Waals surface area contributed by atoms with Crippen molar-refractivity contribution in [3.63, 3.8) is 0 Å². The summed E-state index contributed by atoms with van der Waals surface area (Å²) in [5.41, 5.74) is 1.39. The van der Waals surface area contributed by atoms with Crippen LogP contribution in [0.2, 0.25) is 0 Å². The second kappa shape index (κ2) is 6.23. The van der Waals surface area contributed by atoms with Gasteiger partial charge in [0.1, 0.15) is 5.69 Å². The van der Waals surface area contributed by atoms with E-state index in [-0.39, 0.29) is 11.8 Å². The number of pyridine rings is 1. The number of rotatable bonds is 3. The molecule has 1 aromatic carbocycles. The molecule has 1 unspecified atom stereocenters. The van der Waals surface area contributed by atoms with E-state index in [1.54, 1.807) is 23.2 Å². The molecular weight excluding hydrogens is 304 g/mol. The van der Waals surface area contributed by atoms with Crippen LogP contribution in [-0.2, 0) is 0 Å². The largest absolute Gasteiger partial charge is 0.339 e. The molecule has 1 aliphatic heterocycles. The maximum atomic E-state index is 12.4. The number of carbonyl (C=O) groups excluding carboxylic acids is 1. The van der Waals surface area contributed by atoms with Crippen LogP contribution in [0.1, 0.15) is 28.7 Å². The Labute approximate surface area is 139 Å². The zero-order valence-electron chi connectivity index (χ0n) is 13.0. The quantitative estimate of drug-likeness (QED) is 0.742. The highest BCUT2D eigenvalue weighted by atomic mass is 16.5. The van der Waals surface area contributed by atoms with Gasteiger partial charge in [0, 0.05) is 24.8 Å². The first-order valence-electron chi connectivity index (χ1n) is 7.90. The number of hydrogen-bond acceptors (Lipinski definition) is 5. The maximum absolute atomic E-state index is 12.4. The van der Waals surface area contributed by atoms with Crippen LogP contribution in [-0.4, -0.2) is 39.0 Å². The normalized spacial score (nSPS) is 17.2. The van der Waals surface area contributed by atoms with Gasteiger partial charge in [-0.2, -0.15) is 4.98 Å². The Morgan fingerprint density at radius 1 is 1.12 bits per heavy atom. The van der Waals surface area contributed by atoms with Gasteiger partial charge in [0.05, 0.1) is 5.92 Å². The predicted octanol–water partition coefficient (Wildman–Crippen LogP) is 2.76. The van der Waals surface area contributed by atoms with Crippen molar-refractivity contribution in [1.82, 2.24) is 20.0 Å². The number of hydrogen-bond donors (Lipinski definition) is 0. The Morgan fingerprint density at radius 3 is 2.75 bits per heavy atom. The molecule has 4 rings (SSSR count). The zero-order chi connectivity index (χ0) is 16.4. The van der Waals surface area contributed by atoms with Crippen molar-refractivity contribution in [1.29, 1.82) is 0 Å². The molecule has 1 amide bonds. The predicted molar refractivity (Wildman–Crippen MR) is 87.2 cm³/mol. The summed E-state index contributed by atoms with van der Waals surface area (Å²) in [6.07, 6.45) is 2.44. The van der Waals surface area contributed by atoms with Crippen LogP contribution in [0.3, 0.4) is 0 Å². The number of benzene rings is 1. The molecule has 0 saturated carbocycles. The van der Waals surface area contributed by atoms with Crippen LogP contribution < -0.4 is 0 Å². The number of aromatic nitrogens is 3. The summed E-state index contributed by atoms with van der Waals surface area (Å²) in [6.45, 7) is 1.24. The average Bonchev–Trinajstić information content (AvgIpc) is 3.32. The molecule has 0 radical (unpaired) electrons. The van der Waals surface area contributed by atoms with Gasteiger partial charge >= 0.3 is 0 Å². The minimum absolute atomic E-state index is 0.0547. The molecule has 3 heterocycles. The molecule has 1 atom stereocenters. The highest BCUT2D eigenvalue weighted by Crippen LogP contribution is 2.28. The summed E-state index contributed by atoms with van der Waals surface area (Å²) in [5, 5.41) is 4.06. The number of likely N-dealkylation sites (tertiary alicyclic amines) is 1. The van der Waals surface area contributed by atoms with Crippen molar-refractivity contribution < 1.29 is 9.32 Å². The van der Waals surface area contributed by atoms with E-state index in [0.717, 1.165) is 12.0 Å². The summed E-state index contributed by atoms with van der Waals surface area (Å²) in [6, 6.07) is 15.1. The van der Waals surface area contributed by atoms with Crippen molar-refractivity contribution in [3.8, 4) is 11.4 Å². The van der Waals surface area contributed by atoms with Gasteiger partial charge in [0.25, 0.3) is 5.91 Å². The number of amides is 1. The lowest BCUT2D eigenvalue weighted by Crippen LogP contribution is -2.29. The lowest BCUT2D eigenvalue weighted by Gasteiger charge is -2.14. The highest BCUT2D eigenvalue weighted by Gasteiger charge is 2.32. The van der Waals surface area contributed by atoms with E-state index in [1.165, 1.54) is 0 Å². The minimum Gasteiger partial charge on any atom is -0.339 e. The first-order chi connectivity index (χ1) is 11.8. The van der Waals surface area contributed by atoms with Crippen molar-refractivity contribution in [2.24, 2.45) is 0 Å². The van der Waals surface area contributed by atoms with Gasteiger partial charge in [0.2, 0.25) is 11.7 Å². The lowest BCUT2D eigenvalue weighted by atomic mass is 10.1. The summed E-state index contributed by atoms with van der Waals surface area (Å²) >= 11 is 0. The third kappa shape index (κ3) is 2.78. The Kier molecular flexibility index (Phi) is 3.78. The van der Waals surface area contributed by atoms with Crippen molar-refractivity contribution in [2.45, 2.75) is 12.3 Å². The summed E-state index contributed by atoms with van der Waals surface area (Å²) in [7, 11) is 0. The van der Waals surface area contributed by atoms with Gasteiger partial charge in [-0.15, -0.1) is 0 Å². The second-order valence-corrected chi connectivity index (χ2v) is 5.77. The average molecular weight is 320 g/mol. The molecule has 24 heavy (non-hydrogen) atoms. The molecule has 0 aliphatic carbocycles. The first kappa shape index (κ1) is 14.6. The Hall–Kier alpha value is -3.02. The molecule has 1 fully saturated rings. The minimum atomic E-state index is -0.0547. The van der Waals surface area contributed by atoms with Gasteiger partial charge in [-0.25, -0.2) is 0 Å². The van der Waals surface area contributed by atoms with Crippen LogP contribution in [0, 0.1) is 0 Å². The third-order valence-corrected chi connectivity index (χ3v) is 4.18. The van der Waals surface area contributed by atoms with Crippen molar-refractivity contribution in [2.75, 3.05) is 13.1 Å². The van der Waals surface area contributed by atoms with E-state index < -0.39 is 0 Å². The summed E-state index contributed by atoms with van der Waals surface area (Å²) < 4.78 is 5.42. The number of carbonyl (C=O) groups is 1. The van der Waals surface area contributed by atoms with Crippen LogP contribution in [0.5, 0.6) is 0 Å². The Bertz CT molecular complexity index is 832. The Balaban J connectivity index is 1.48. The molecule has 0 bridgehead atoms. The topological polar surface area (TPSA) is 72.1 Å². The molecule has 6 heteroatoms. The van der Waals surface area contributed by atoms with Gasteiger partial charge < -0.3 is 9.42 Å². The van der Waals surface area contributed by atoms with Gasteiger partial charge in [-0.05, 0) is 18.6 Å². The van der Waals surface area contributed by atoms with E-state index in [2.05, 4.69) is 15.1 Å². The molecule has 2 aromatic heterocycles. The molecule has 3 aromatic rings. The smallest absolute Gasteiger partial charge is 0.272 e. The summed E-state index contributed by atoms with van der Waals surface area (Å²) in [5.74, 6) is 1.19. The molecule has 0 spiro atoms. The van der Waals surface area contributed by atoms with Crippen molar-refractivity contribution >= 4 is 5.91 Å². The molecule has 120 valence electrons. The molecule has 1 saturated heterocycles. The van der Waals surface area contributed by atoms with E-state index in [1.807, 2.05) is 36.4 Å². The zero-order valence-corrected chi connectivity index (χ0v) is 13.0. The van der Waals surface area contributed by atoms with E-state index >= 15 is 0 Å². The van der Waals surface area contributed by atoms with E-state index in [0.29, 0.717) is 30.5 Å². The highest BCUT2D eigenvalue weighted by molar-refractivity contribution is 5.92. The van der Waals surface area contributed by atoms with Crippen LogP contribution in [0.4, 0.5) is 0 Å². The van der Waals surface area contributed by atoms with Gasteiger partial charge in [-0.3, -0.25) is 9.78 Å². The third-order valence-electron chi connectivity index (χ3n) is 4.18. The second-order valence-electron chi connectivity index (χ2n) is 5.77. The fourth-order valence-electron chi connectivity index (χ4n) is 2.90. The molecule has 6 nitrogen and oxygen atoms in total. The van der Waals surface area contributed by atoms with Crippen LogP contribution >= 0.6 is 0 Å². The van der Waals surface area contributed by atoms with Crippen LogP contribution in [0.25, 0.3) is 11.4 Å². The fraction of sp³-hybridized carbons (Fsp3) is 0.222. The summed E-state index contributed by atoms with van der Waals surface area (Å²) in [4.78, 5) is 22.9. The van der Waals surface area contributed by atoms with Crippen molar-refractivity contribution in [3.05, 3.63) is 66.3 Å². The van der Waals surface area contributed by atoms with E-state index in [9.17, 15) is 4.79 Å². The number of nitrogens with zero attached hydrogens (tertiary/aromatic N) is 4. The monoisotopic (exact) mass is 320 g/mol. The van der Waals surface area contributed by atoms with E-state index in [4.69, 9.17) is 4.52 Å². The lowest BCUT2D eigenvalue weighted by molar-refractivity contribution is 0.0784. The maximum Gasteiger partial charge on any atom is 0.272 e. The first-order valence-corrected chi connectivity index (χ1v) is 7.90. The fourth-order valence-corrected chi connectivity index (χ4v) is 2.90. The molecule has 1 aliphatic rings. The SMILES string of the molecule is O=C(c1ccccn1)N1CCC(c2nc(-c3ccccc3)no2)C1. The molecule has 0 N–H and O–H groups in total.